The van der Waals surface area contributed by atoms with Gasteiger partial charge in [0.1, 0.15) is 0 Å². The van der Waals surface area contributed by atoms with Gasteiger partial charge in [-0.05, 0) is 111 Å². The van der Waals surface area contributed by atoms with Gasteiger partial charge in [-0.15, -0.1) is 0 Å². The van der Waals surface area contributed by atoms with Gasteiger partial charge in [0.05, 0.1) is 62.4 Å². The summed E-state index contributed by atoms with van der Waals surface area (Å²) in [4.78, 5) is 15.0. The van der Waals surface area contributed by atoms with Gasteiger partial charge in [-0.25, -0.2) is 0 Å². The molecule has 0 aromatic rings. The molecule has 0 radical (unpaired) electrons. The first-order valence-corrected chi connectivity index (χ1v) is 19.9. The highest BCUT2D eigenvalue weighted by atomic mass is 16.7. The molecule has 278 valence electrons. The number of aliphatic hydroxyl groups excluding tert-OH is 1. The van der Waals surface area contributed by atoms with Crippen molar-refractivity contribution in [2.24, 2.45) is 50.7 Å². The maximum Gasteiger partial charge on any atom is 0.305 e. The summed E-state index contributed by atoms with van der Waals surface area (Å²) < 4.78 is 31.3. The van der Waals surface area contributed by atoms with Gasteiger partial charge >= 0.3 is 5.97 Å². The molecule has 5 unspecified atom stereocenters. The van der Waals surface area contributed by atoms with Crippen LogP contribution in [0.25, 0.3) is 0 Å². The van der Waals surface area contributed by atoms with Crippen molar-refractivity contribution in [2.75, 3.05) is 32.9 Å². The zero-order valence-electron chi connectivity index (χ0n) is 31.5. The van der Waals surface area contributed by atoms with E-state index in [2.05, 4.69) is 39.5 Å². The Morgan fingerprint density at radius 3 is 2.43 bits per heavy atom. The van der Waals surface area contributed by atoms with Crippen LogP contribution in [-0.4, -0.2) is 102 Å². The van der Waals surface area contributed by atoms with Crippen molar-refractivity contribution < 1.29 is 38.7 Å². The predicted octanol–water partition coefficient (Wildman–Crippen LogP) is 5.33. The highest BCUT2D eigenvalue weighted by Crippen LogP contribution is 2.89. The molecule has 9 nitrogen and oxygen atoms in total. The highest BCUT2D eigenvalue weighted by Gasteiger charge is 2.84. The van der Waals surface area contributed by atoms with Crippen LogP contribution in [0.1, 0.15) is 113 Å². The molecule has 14 atom stereocenters. The summed E-state index contributed by atoms with van der Waals surface area (Å²) in [7, 11) is 0. The number of rotatable bonds is 7. The maximum absolute atomic E-state index is 12.6. The van der Waals surface area contributed by atoms with E-state index < -0.39 is 23.9 Å². The Balaban J connectivity index is 1.02. The Hall–Kier alpha value is -0.810. The molecule has 3 saturated heterocycles. The van der Waals surface area contributed by atoms with Crippen LogP contribution in [0.4, 0.5) is 0 Å². The van der Waals surface area contributed by atoms with E-state index in [9.17, 15) is 15.0 Å². The number of esters is 1. The molecule has 0 aromatic heterocycles. The predicted molar refractivity (Wildman–Crippen MR) is 183 cm³/mol. The van der Waals surface area contributed by atoms with Gasteiger partial charge in [0.25, 0.3) is 0 Å². The van der Waals surface area contributed by atoms with E-state index >= 15 is 0 Å². The molecule has 0 aromatic carbocycles. The summed E-state index contributed by atoms with van der Waals surface area (Å²) in [6.45, 7) is 21.5. The molecule has 8 aliphatic rings. The van der Waals surface area contributed by atoms with E-state index in [1.54, 1.807) is 20.8 Å². The molecule has 2 spiro atoms. The standard InChI is InChI=1S/C40H65NO8/c1-9-29(42)49-34(36(5,6)44)25-18-23(2)31-32(47-25)33(43)38(8)27-11-10-26-35(3,4)28(48-30-19-41(16-17-46-30)24-20-45-21-24)12-13-39(26)22-40(27,39)15-14-37(31,38)7/h23-28,30-34,43-44H,9-22H2,1-8H3/t23-,25?,26+,27?,28+,30?,31+,32?,33+,34+,37-,38-,39-,40?/m1/s1. The highest BCUT2D eigenvalue weighted by molar-refractivity contribution is 5.69. The smallest absolute Gasteiger partial charge is 0.305 e. The van der Waals surface area contributed by atoms with Crippen molar-refractivity contribution in [3.8, 4) is 0 Å². The largest absolute Gasteiger partial charge is 0.457 e. The third-order valence-corrected chi connectivity index (χ3v) is 16.9. The number of hydrogen-bond donors (Lipinski definition) is 2. The number of ether oxygens (including phenoxy) is 5. The van der Waals surface area contributed by atoms with Gasteiger partial charge in [0.15, 0.2) is 12.4 Å². The molecular weight excluding hydrogens is 622 g/mol. The summed E-state index contributed by atoms with van der Waals surface area (Å²) in [5.74, 6) is 1.21. The molecule has 3 heterocycles. The third kappa shape index (κ3) is 4.83. The molecule has 8 rings (SSSR count). The monoisotopic (exact) mass is 687 g/mol. The number of carbonyl (C=O) groups is 1. The van der Waals surface area contributed by atoms with E-state index in [1.807, 2.05) is 0 Å². The fourth-order valence-corrected chi connectivity index (χ4v) is 14.3. The van der Waals surface area contributed by atoms with Crippen molar-refractivity contribution in [2.45, 2.75) is 162 Å². The molecule has 5 saturated carbocycles. The average molecular weight is 688 g/mol. The van der Waals surface area contributed by atoms with Gasteiger partial charge in [-0.1, -0.05) is 41.5 Å². The van der Waals surface area contributed by atoms with Gasteiger partial charge in [-0.2, -0.15) is 0 Å². The number of morpholine rings is 1. The second kappa shape index (κ2) is 11.6. The number of hydrogen-bond acceptors (Lipinski definition) is 9. The summed E-state index contributed by atoms with van der Waals surface area (Å²) in [6.07, 6.45) is 7.02. The Kier molecular flexibility index (Phi) is 8.34. The van der Waals surface area contributed by atoms with Crippen LogP contribution >= 0.6 is 0 Å². The fraction of sp³-hybridized carbons (Fsp3) is 0.975. The lowest BCUT2D eigenvalue weighted by atomic mass is 9.41. The molecule has 5 aliphatic carbocycles. The van der Waals surface area contributed by atoms with Crippen molar-refractivity contribution in [3.63, 3.8) is 0 Å². The quantitative estimate of drug-likeness (QED) is 0.344. The van der Waals surface area contributed by atoms with Gasteiger partial charge in [-0.3, -0.25) is 9.69 Å². The minimum absolute atomic E-state index is 0.0504. The molecule has 49 heavy (non-hydrogen) atoms. The normalized spacial score (nSPS) is 51.3. The van der Waals surface area contributed by atoms with E-state index in [-0.39, 0.29) is 64.4 Å². The second-order valence-electron chi connectivity index (χ2n) is 19.6. The molecule has 9 heteroatoms. The minimum Gasteiger partial charge on any atom is -0.457 e. The van der Waals surface area contributed by atoms with E-state index in [0.717, 1.165) is 52.2 Å². The zero-order valence-corrected chi connectivity index (χ0v) is 31.5. The summed E-state index contributed by atoms with van der Waals surface area (Å²) in [5, 5.41) is 23.8. The van der Waals surface area contributed by atoms with E-state index in [1.165, 1.54) is 25.7 Å². The van der Waals surface area contributed by atoms with Crippen LogP contribution in [0.15, 0.2) is 0 Å². The molecule has 3 aliphatic heterocycles. The van der Waals surface area contributed by atoms with Crippen LogP contribution in [0.3, 0.4) is 0 Å². The Morgan fingerprint density at radius 2 is 1.76 bits per heavy atom. The molecular formula is C40H65NO8. The van der Waals surface area contributed by atoms with E-state index in [4.69, 9.17) is 23.7 Å². The topological polar surface area (TPSA) is 107 Å². The summed E-state index contributed by atoms with van der Waals surface area (Å²) in [5.41, 5.74) is -0.949. The fourth-order valence-electron chi connectivity index (χ4n) is 14.3. The summed E-state index contributed by atoms with van der Waals surface area (Å²) >= 11 is 0. The van der Waals surface area contributed by atoms with Crippen molar-refractivity contribution in [3.05, 3.63) is 0 Å². The molecule has 0 amide bonds. The lowest BCUT2D eigenvalue weighted by molar-refractivity contribution is -0.256. The van der Waals surface area contributed by atoms with Gasteiger partial charge in [0, 0.05) is 18.4 Å². The second-order valence-corrected chi connectivity index (χ2v) is 19.6. The van der Waals surface area contributed by atoms with Crippen LogP contribution in [-0.2, 0) is 28.5 Å². The van der Waals surface area contributed by atoms with Gasteiger partial charge in [0.2, 0.25) is 0 Å². The van der Waals surface area contributed by atoms with Crippen LogP contribution in [0, 0.1) is 50.7 Å². The Morgan fingerprint density at radius 1 is 1.04 bits per heavy atom. The van der Waals surface area contributed by atoms with Crippen LogP contribution in [0.2, 0.25) is 0 Å². The number of nitrogens with zero attached hydrogens (tertiary/aromatic N) is 1. The minimum atomic E-state index is -1.25. The Bertz CT molecular complexity index is 1300. The molecule has 2 N–H and O–H groups in total. The first kappa shape index (κ1) is 35.2. The zero-order chi connectivity index (χ0) is 34.9. The van der Waals surface area contributed by atoms with Crippen LogP contribution < -0.4 is 0 Å². The average Bonchev–Trinajstić information content (AvgIpc) is 3.64. The third-order valence-electron chi connectivity index (χ3n) is 16.9. The lowest BCUT2D eigenvalue weighted by Gasteiger charge is -2.64. The Labute approximate surface area is 294 Å². The number of fused-ring (bicyclic) bond motifs is 4. The van der Waals surface area contributed by atoms with Crippen molar-refractivity contribution in [1.82, 2.24) is 4.90 Å². The molecule has 8 fully saturated rings. The SMILES string of the molecule is CCC(=O)O[C@@H](C1C[C@@H](C)[C@H]2C(O1)[C@H](O)[C@@]1(C)C3CC[C@H]4C(C)(C)[C@@H](OC5CN(C6COC6)CCO5)CC[C@@]45CC35CC[C@]21C)C(C)(C)O. The van der Waals surface area contributed by atoms with E-state index in [0.29, 0.717) is 29.7 Å². The van der Waals surface area contributed by atoms with Gasteiger partial charge < -0.3 is 33.9 Å². The first-order chi connectivity index (χ1) is 23.0. The summed E-state index contributed by atoms with van der Waals surface area (Å²) in [6, 6.07) is 0.508. The molecule has 0 bridgehead atoms. The first-order valence-electron chi connectivity index (χ1n) is 19.9. The van der Waals surface area contributed by atoms with Crippen molar-refractivity contribution in [1.29, 1.82) is 0 Å². The maximum atomic E-state index is 12.6. The van der Waals surface area contributed by atoms with Crippen molar-refractivity contribution >= 4 is 5.97 Å². The number of aliphatic hydroxyl groups is 2. The lowest BCUT2D eigenvalue weighted by Crippen LogP contribution is -2.60. The van der Waals surface area contributed by atoms with Crippen LogP contribution in [0.5, 0.6) is 0 Å². The number of carbonyl (C=O) groups excluding carboxylic acids is 1.